The van der Waals surface area contributed by atoms with Crippen molar-refractivity contribution in [1.29, 1.82) is 5.26 Å². The van der Waals surface area contributed by atoms with Crippen LogP contribution in [-0.2, 0) is 16.0 Å². The van der Waals surface area contributed by atoms with Crippen LogP contribution in [0.5, 0.6) is 0 Å². The lowest BCUT2D eigenvalue weighted by atomic mass is 9.88. The van der Waals surface area contributed by atoms with Crippen LogP contribution in [0.2, 0.25) is 0 Å². The third kappa shape index (κ3) is 4.32. The van der Waals surface area contributed by atoms with Crippen molar-refractivity contribution in [1.82, 2.24) is 4.90 Å². The summed E-state index contributed by atoms with van der Waals surface area (Å²) in [5.74, 6) is 0.182. The molecule has 0 bridgehead atoms. The van der Waals surface area contributed by atoms with E-state index in [9.17, 15) is 4.79 Å². The second kappa shape index (κ2) is 6.93. The molecule has 2 rings (SSSR count). The lowest BCUT2D eigenvalue weighted by Gasteiger charge is -2.39. The van der Waals surface area contributed by atoms with Crippen LogP contribution in [0.1, 0.15) is 38.3 Å². The van der Waals surface area contributed by atoms with Gasteiger partial charge in [-0.15, -0.1) is 0 Å². The summed E-state index contributed by atoms with van der Waals surface area (Å²) < 4.78 is 5.79. The predicted molar refractivity (Wildman–Crippen MR) is 85.3 cm³/mol. The number of hydrogen-bond acceptors (Lipinski definition) is 3. The highest BCUT2D eigenvalue weighted by Gasteiger charge is 2.32. The number of ether oxygens (including phenoxy) is 1. The number of carbonyl (C=O) groups is 1. The monoisotopic (exact) mass is 300 g/mol. The van der Waals surface area contributed by atoms with Crippen LogP contribution in [0.25, 0.3) is 0 Å². The maximum absolute atomic E-state index is 12.4. The van der Waals surface area contributed by atoms with Crippen LogP contribution < -0.4 is 0 Å². The van der Waals surface area contributed by atoms with Gasteiger partial charge in [0.25, 0.3) is 0 Å². The van der Waals surface area contributed by atoms with Crippen LogP contribution in [0.3, 0.4) is 0 Å². The van der Waals surface area contributed by atoms with Crippen LogP contribution in [0.4, 0.5) is 0 Å². The lowest BCUT2D eigenvalue weighted by molar-refractivity contribution is -0.143. The van der Waals surface area contributed by atoms with Crippen molar-refractivity contribution in [2.75, 3.05) is 19.7 Å². The van der Waals surface area contributed by atoms with Gasteiger partial charge in [0.1, 0.15) is 0 Å². The van der Waals surface area contributed by atoms with E-state index in [1.165, 1.54) is 0 Å². The summed E-state index contributed by atoms with van der Waals surface area (Å²) in [6.45, 7) is 8.40. The molecule has 0 aromatic heterocycles. The Morgan fingerprint density at radius 1 is 1.36 bits per heavy atom. The predicted octanol–water partition coefficient (Wildman–Crippen LogP) is 2.76. The zero-order valence-corrected chi connectivity index (χ0v) is 13.6. The molecular formula is C18H24N2O2. The molecule has 1 aliphatic rings. The van der Waals surface area contributed by atoms with E-state index in [0.29, 0.717) is 38.1 Å². The van der Waals surface area contributed by atoms with Crippen molar-refractivity contribution >= 4 is 5.91 Å². The molecule has 4 nitrogen and oxygen atoms in total. The first-order chi connectivity index (χ1) is 10.4. The average molecular weight is 300 g/mol. The van der Waals surface area contributed by atoms with Crippen LogP contribution >= 0.6 is 0 Å². The van der Waals surface area contributed by atoms with Gasteiger partial charge in [-0.25, -0.2) is 0 Å². The molecule has 118 valence electrons. The van der Waals surface area contributed by atoms with Crippen molar-refractivity contribution in [2.45, 2.75) is 39.7 Å². The third-order valence-corrected chi connectivity index (χ3v) is 4.10. The molecule has 1 aromatic rings. The molecule has 0 aliphatic carbocycles. The number of nitrogens with zero attached hydrogens (tertiary/aromatic N) is 2. The van der Waals surface area contributed by atoms with Gasteiger partial charge in [0.05, 0.1) is 24.3 Å². The van der Waals surface area contributed by atoms with Crippen molar-refractivity contribution in [3.8, 4) is 6.07 Å². The molecular weight excluding hydrogens is 276 g/mol. The molecule has 0 N–H and O–H groups in total. The van der Waals surface area contributed by atoms with E-state index in [4.69, 9.17) is 10.00 Å². The minimum Gasteiger partial charge on any atom is -0.374 e. The first-order valence-corrected chi connectivity index (χ1v) is 7.78. The molecule has 1 fully saturated rings. The van der Waals surface area contributed by atoms with Crippen LogP contribution in [0.15, 0.2) is 24.3 Å². The van der Waals surface area contributed by atoms with E-state index in [0.717, 1.165) is 5.56 Å². The molecule has 0 saturated carbocycles. The van der Waals surface area contributed by atoms with Crippen LogP contribution in [-0.4, -0.2) is 36.6 Å². The number of aryl methyl sites for hydroxylation is 1. The molecule has 4 heteroatoms. The first-order valence-electron chi connectivity index (χ1n) is 7.78. The normalized spacial score (nSPS) is 18.8. The minimum absolute atomic E-state index is 0.0477. The van der Waals surface area contributed by atoms with Gasteiger partial charge < -0.3 is 9.64 Å². The number of rotatable bonds is 3. The van der Waals surface area contributed by atoms with Gasteiger partial charge in [0.2, 0.25) is 5.91 Å². The van der Waals surface area contributed by atoms with Crippen molar-refractivity contribution in [2.24, 2.45) is 5.41 Å². The number of carbonyl (C=O) groups excluding carboxylic acids is 1. The Morgan fingerprint density at radius 3 is 2.64 bits per heavy atom. The topological polar surface area (TPSA) is 53.3 Å². The largest absolute Gasteiger partial charge is 0.374 e. The van der Waals surface area contributed by atoms with E-state index < -0.39 is 0 Å². The average Bonchev–Trinajstić information content (AvgIpc) is 2.52. The molecule has 1 saturated heterocycles. The number of nitriles is 1. The lowest BCUT2D eigenvalue weighted by Crippen LogP contribution is -2.50. The van der Waals surface area contributed by atoms with Gasteiger partial charge in [-0.3, -0.25) is 4.79 Å². The first kappa shape index (κ1) is 16.5. The second-order valence-corrected chi connectivity index (χ2v) is 6.87. The SMILES string of the molecule is CC(C)(C)C1CN(C(=O)CCc2ccc(C#N)cc2)CCO1. The Labute approximate surface area is 132 Å². The van der Waals surface area contributed by atoms with Crippen molar-refractivity contribution < 1.29 is 9.53 Å². The van der Waals surface area contributed by atoms with Gasteiger partial charge in [-0.2, -0.15) is 5.26 Å². The summed E-state index contributed by atoms with van der Waals surface area (Å²) in [5, 5.41) is 8.78. The highest BCUT2D eigenvalue weighted by Crippen LogP contribution is 2.25. The zero-order chi connectivity index (χ0) is 16.2. The highest BCUT2D eigenvalue weighted by molar-refractivity contribution is 5.76. The smallest absolute Gasteiger partial charge is 0.223 e. The Hall–Kier alpha value is -1.86. The molecule has 1 aromatic carbocycles. The highest BCUT2D eigenvalue weighted by atomic mass is 16.5. The molecule has 0 radical (unpaired) electrons. The van der Waals surface area contributed by atoms with Gasteiger partial charge in [-0.05, 0) is 29.5 Å². The summed E-state index contributed by atoms with van der Waals surface area (Å²) >= 11 is 0. The fourth-order valence-electron chi connectivity index (χ4n) is 2.56. The summed E-state index contributed by atoms with van der Waals surface area (Å²) in [5.41, 5.74) is 1.79. The van der Waals surface area contributed by atoms with Crippen LogP contribution in [0, 0.1) is 16.7 Å². The Morgan fingerprint density at radius 2 is 2.05 bits per heavy atom. The third-order valence-electron chi connectivity index (χ3n) is 4.10. The summed E-state index contributed by atoms with van der Waals surface area (Å²) in [6.07, 6.45) is 1.31. The quantitative estimate of drug-likeness (QED) is 0.862. The molecule has 1 heterocycles. The van der Waals surface area contributed by atoms with Gasteiger partial charge in [0, 0.05) is 19.5 Å². The second-order valence-electron chi connectivity index (χ2n) is 6.87. The van der Waals surface area contributed by atoms with Gasteiger partial charge in [0.15, 0.2) is 0 Å². The fourth-order valence-corrected chi connectivity index (χ4v) is 2.56. The number of amides is 1. The van der Waals surface area contributed by atoms with E-state index in [1.807, 2.05) is 17.0 Å². The molecule has 1 atom stereocenters. The van der Waals surface area contributed by atoms with Crippen molar-refractivity contribution in [3.05, 3.63) is 35.4 Å². The summed E-state index contributed by atoms with van der Waals surface area (Å²) in [7, 11) is 0. The van der Waals surface area contributed by atoms with E-state index in [1.54, 1.807) is 12.1 Å². The maximum atomic E-state index is 12.4. The number of hydrogen-bond donors (Lipinski definition) is 0. The van der Waals surface area contributed by atoms with Gasteiger partial charge in [-0.1, -0.05) is 32.9 Å². The van der Waals surface area contributed by atoms with E-state index in [-0.39, 0.29) is 17.4 Å². The summed E-state index contributed by atoms with van der Waals surface area (Å²) in [4.78, 5) is 14.3. The Bertz CT molecular complexity index is 552. The van der Waals surface area contributed by atoms with E-state index >= 15 is 0 Å². The summed E-state index contributed by atoms with van der Waals surface area (Å²) in [6, 6.07) is 9.53. The fraction of sp³-hybridized carbons (Fsp3) is 0.556. The Balaban J connectivity index is 1.87. The molecule has 1 unspecified atom stereocenters. The zero-order valence-electron chi connectivity index (χ0n) is 13.6. The number of morpholine rings is 1. The molecule has 22 heavy (non-hydrogen) atoms. The van der Waals surface area contributed by atoms with Crippen molar-refractivity contribution in [3.63, 3.8) is 0 Å². The molecule has 1 aliphatic heterocycles. The number of benzene rings is 1. The molecule has 1 amide bonds. The van der Waals surface area contributed by atoms with E-state index in [2.05, 4.69) is 26.8 Å². The minimum atomic E-state index is 0.0477. The maximum Gasteiger partial charge on any atom is 0.223 e. The van der Waals surface area contributed by atoms with Gasteiger partial charge >= 0.3 is 0 Å². The Kier molecular flexibility index (Phi) is 5.20. The molecule has 0 spiro atoms. The standard InChI is InChI=1S/C18H24N2O2/c1-18(2,3)16-13-20(10-11-22-16)17(21)9-8-14-4-6-15(12-19)7-5-14/h4-7,16H,8-11,13H2,1-3H3.